The van der Waals surface area contributed by atoms with Gasteiger partial charge in [0.15, 0.2) is 17.3 Å². The molecule has 11 nitrogen and oxygen atoms in total. The summed E-state index contributed by atoms with van der Waals surface area (Å²) in [7, 11) is 7.23. The van der Waals surface area contributed by atoms with Gasteiger partial charge < -0.3 is 26.6 Å². The number of nitrogens with one attached hydrogen (secondary N) is 3. The second kappa shape index (κ2) is 16.6. The standard InChI is InChI=1S/C24H35N7O2.C2H5NO/c1-6-8-14-31(5)16-20(32)26-13-12-17-10-9-11-18(15-17)27-23-21(22(25)33)28-19(7-2)24(29-23)30(3)4;1-3-2-4/h6,8-11,15H,7,12-14,16H2,1-5H3,(H2,25,33)(H,26,32)(H,27,29);2H,1H3,(H,3,4)/b8-6+;. The molecule has 5 N–H and O–H groups in total. The first-order chi connectivity index (χ1) is 17.7. The van der Waals surface area contributed by atoms with Crippen LogP contribution in [0.5, 0.6) is 0 Å². The van der Waals surface area contributed by atoms with Crippen molar-refractivity contribution in [1.29, 1.82) is 0 Å². The molecule has 0 saturated carbocycles. The van der Waals surface area contributed by atoms with E-state index in [0.29, 0.717) is 49.7 Å². The van der Waals surface area contributed by atoms with Crippen molar-refractivity contribution in [3.63, 3.8) is 0 Å². The molecule has 0 atom stereocenters. The zero-order valence-electron chi connectivity index (χ0n) is 22.7. The number of hydrogen-bond acceptors (Lipinski definition) is 8. The summed E-state index contributed by atoms with van der Waals surface area (Å²) in [6.07, 6.45) is 5.91. The molecule has 2 rings (SSSR count). The quantitative estimate of drug-likeness (QED) is 0.233. The number of aromatic nitrogens is 2. The number of anilines is 3. The molecule has 0 aliphatic rings. The Balaban J connectivity index is 0.00000159. The maximum absolute atomic E-state index is 12.1. The third-order valence-corrected chi connectivity index (χ3v) is 5.05. The van der Waals surface area contributed by atoms with Gasteiger partial charge in [-0.2, -0.15) is 0 Å². The molecule has 37 heavy (non-hydrogen) atoms. The van der Waals surface area contributed by atoms with Crippen molar-refractivity contribution < 1.29 is 14.4 Å². The molecule has 2 aromatic rings. The van der Waals surface area contributed by atoms with Crippen molar-refractivity contribution in [2.45, 2.75) is 26.7 Å². The Bertz CT molecular complexity index is 1060. The largest absolute Gasteiger partial charge is 0.364 e. The van der Waals surface area contributed by atoms with Crippen LogP contribution in [0.15, 0.2) is 36.4 Å². The molecule has 202 valence electrons. The van der Waals surface area contributed by atoms with Gasteiger partial charge in [0, 0.05) is 39.9 Å². The highest BCUT2D eigenvalue weighted by atomic mass is 16.2. The number of aryl methyl sites for hydroxylation is 1. The molecule has 0 spiro atoms. The van der Waals surface area contributed by atoms with Crippen LogP contribution in [0, 0.1) is 0 Å². The average Bonchev–Trinajstić information content (AvgIpc) is 2.87. The number of amides is 3. The van der Waals surface area contributed by atoms with E-state index in [1.165, 1.54) is 0 Å². The first-order valence-electron chi connectivity index (χ1n) is 12.1. The molecule has 11 heteroatoms. The molecular formula is C26H40N8O3. The van der Waals surface area contributed by atoms with Crippen molar-refractivity contribution in [1.82, 2.24) is 25.5 Å². The highest BCUT2D eigenvalue weighted by Crippen LogP contribution is 2.24. The number of carbonyl (C=O) groups excluding carboxylic acids is 3. The van der Waals surface area contributed by atoms with Gasteiger partial charge in [-0.25, -0.2) is 9.97 Å². The maximum atomic E-state index is 12.1. The van der Waals surface area contributed by atoms with E-state index in [4.69, 9.17) is 10.5 Å². The number of likely N-dealkylation sites (N-methyl/N-ethyl adjacent to an activating group) is 1. The fraction of sp³-hybridized carbons (Fsp3) is 0.423. The van der Waals surface area contributed by atoms with E-state index in [9.17, 15) is 9.59 Å². The third-order valence-electron chi connectivity index (χ3n) is 5.05. The molecule has 3 amide bonds. The number of carbonyl (C=O) groups is 3. The van der Waals surface area contributed by atoms with Gasteiger partial charge in [0.05, 0.1) is 12.2 Å². The SMILES string of the molecule is C/C=C/CN(C)CC(=O)NCCc1cccc(Nc2nc(N(C)C)c(CC)nc2C(N)=O)c1.CNC=O. The second-order valence-electron chi connectivity index (χ2n) is 8.40. The number of hydrogen-bond donors (Lipinski definition) is 4. The van der Waals surface area contributed by atoms with E-state index < -0.39 is 5.91 Å². The topological polar surface area (TPSA) is 146 Å². The molecule has 0 fully saturated rings. The van der Waals surface area contributed by atoms with Crippen molar-refractivity contribution in [2.75, 3.05) is 58.0 Å². The van der Waals surface area contributed by atoms with Gasteiger partial charge >= 0.3 is 0 Å². The highest BCUT2D eigenvalue weighted by Gasteiger charge is 2.18. The number of rotatable bonds is 13. The van der Waals surface area contributed by atoms with Gasteiger partial charge in [-0.3, -0.25) is 19.3 Å². The minimum absolute atomic E-state index is 0.00937. The van der Waals surface area contributed by atoms with Gasteiger partial charge in [-0.1, -0.05) is 31.2 Å². The summed E-state index contributed by atoms with van der Waals surface area (Å²) in [6, 6.07) is 7.74. The monoisotopic (exact) mass is 512 g/mol. The first kappa shape index (κ1) is 31.0. The zero-order valence-corrected chi connectivity index (χ0v) is 22.7. The van der Waals surface area contributed by atoms with E-state index >= 15 is 0 Å². The van der Waals surface area contributed by atoms with Crippen LogP contribution in [0.3, 0.4) is 0 Å². The van der Waals surface area contributed by atoms with Crippen molar-refractivity contribution in [3.8, 4) is 0 Å². The maximum Gasteiger partial charge on any atom is 0.271 e. The lowest BCUT2D eigenvalue weighted by Crippen LogP contribution is -2.36. The molecule has 0 aliphatic carbocycles. The van der Waals surface area contributed by atoms with Crippen molar-refractivity contribution in [3.05, 3.63) is 53.4 Å². The summed E-state index contributed by atoms with van der Waals surface area (Å²) in [4.78, 5) is 46.0. The zero-order chi connectivity index (χ0) is 27.8. The molecule has 1 aromatic heterocycles. The Kier molecular flexibility index (Phi) is 14.0. The molecule has 0 unspecified atom stereocenters. The summed E-state index contributed by atoms with van der Waals surface area (Å²) in [5, 5.41) is 8.38. The van der Waals surface area contributed by atoms with Crippen LogP contribution in [-0.4, -0.2) is 80.9 Å². The average molecular weight is 513 g/mol. The number of benzene rings is 1. The summed E-state index contributed by atoms with van der Waals surface area (Å²) >= 11 is 0. The van der Waals surface area contributed by atoms with Gasteiger partial charge in [-0.05, 0) is 44.5 Å². The number of primary amides is 1. The molecule has 0 aliphatic heterocycles. The van der Waals surface area contributed by atoms with E-state index in [2.05, 4.69) is 25.9 Å². The molecule has 1 heterocycles. The molecule has 0 bridgehead atoms. The summed E-state index contributed by atoms with van der Waals surface area (Å²) in [6.45, 7) is 5.53. The second-order valence-corrected chi connectivity index (χ2v) is 8.40. The van der Waals surface area contributed by atoms with Gasteiger partial charge in [0.2, 0.25) is 12.3 Å². The van der Waals surface area contributed by atoms with Crippen LogP contribution in [0.2, 0.25) is 0 Å². The van der Waals surface area contributed by atoms with E-state index in [1.807, 2.05) is 81.2 Å². The van der Waals surface area contributed by atoms with Crippen LogP contribution in [0.1, 0.15) is 35.6 Å². The predicted molar refractivity (Wildman–Crippen MR) is 148 cm³/mol. The van der Waals surface area contributed by atoms with Crippen molar-refractivity contribution >= 4 is 35.5 Å². The Labute approximate surface area is 219 Å². The van der Waals surface area contributed by atoms with Gasteiger partial charge in [-0.15, -0.1) is 0 Å². The van der Waals surface area contributed by atoms with Crippen LogP contribution in [0.4, 0.5) is 17.3 Å². The summed E-state index contributed by atoms with van der Waals surface area (Å²) in [5.41, 5.74) is 8.17. The molecule has 0 radical (unpaired) electrons. The van der Waals surface area contributed by atoms with E-state index in [0.717, 1.165) is 17.8 Å². The lowest BCUT2D eigenvalue weighted by Gasteiger charge is -2.18. The number of nitrogens with zero attached hydrogens (tertiary/aromatic N) is 4. The van der Waals surface area contributed by atoms with Crippen LogP contribution >= 0.6 is 0 Å². The minimum atomic E-state index is -0.636. The Morgan fingerprint density at radius 1 is 1.16 bits per heavy atom. The molecule has 1 aromatic carbocycles. The third kappa shape index (κ3) is 11.1. The fourth-order valence-corrected chi connectivity index (χ4v) is 3.25. The van der Waals surface area contributed by atoms with Crippen LogP contribution in [-0.2, 0) is 22.4 Å². The number of nitrogens with two attached hydrogens (primary N) is 1. The summed E-state index contributed by atoms with van der Waals surface area (Å²) < 4.78 is 0. The minimum Gasteiger partial charge on any atom is -0.364 e. The normalized spacial score (nSPS) is 10.5. The number of allylic oxidation sites excluding steroid dienone is 1. The van der Waals surface area contributed by atoms with Crippen molar-refractivity contribution in [2.24, 2.45) is 5.73 Å². The van der Waals surface area contributed by atoms with Gasteiger partial charge in [0.25, 0.3) is 5.91 Å². The van der Waals surface area contributed by atoms with Crippen LogP contribution < -0.4 is 26.6 Å². The van der Waals surface area contributed by atoms with E-state index in [-0.39, 0.29) is 11.6 Å². The fourth-order valence-electron chi connectivity index (χ4n) is 3.25. The Morgan fingerprint density at radius 3 is 2.43 bits per heavy atom. The first-order valence-corrected chi connectivity index (χ1v) is 12.1. The Hall–Kier alpha value is -3.99. The van der Waals surface area contributed by atoms with Crippen LogP contribution in [0.25, 0.3) is 0 Å². The van der Waals surface area contributed by atoms with E-state index in [1.54, 1.807) is 7.05 Å². The van der Waals surface area contributed by atoms with Gasteiger partial charge in [0.1, 0.15) is 0 Å². The highest BCUT2D eigenvalue weighted by molar-refractivity contribution is 5.96. The summed E-state index contributed by atoms with van der Waals surface area (Å²) in [5.74, 6) is 0.356. The molecule has 0 saturated heterocycles. The molecular weight excluding hydrogens is 472 g/mol. The lowest BCUT2D eigenvalue weighted by molar-refractivity contribution is -0.121. The Morgan fingerprint density at radius 2 is 1.86 bits per heavy atom. The smallest absolute Gasteiger partial charge is 0.271 e. The predicted octanol–water partition coefficient (Wildman–Crippen LogP) is 1.48. The lowest BCUT2D eigenvalue weighted by atomic mass is 10.1.